The first-order valence-electron chi connectivity index (χ1n) is 10.3. The molecule has 2 atom stereocenters. The molecule has 154 valence electrons. The zero-order valence-electron chi connectivity index (χ0n) is 16.6. The predicted octanol–water partition coefficient (Wildman–Crippen LogP) is 1.28. The summed E-state index contributed by atoms with van der Waals surface area (Å²) in [4.78, 5) is 26.7. The largest absolute Gasteiger partial charge is 0.388 e. The van der Waals surface area contributed by atoms with E-state index in [1.54, 1.807) is 11.0 Å². The summed E-state index contributed by atoms with van der Waals surface area (Å²) in [6.07, 6.45) is 3.37. The third-order valence-corrected chi connectivity index (χ3v) is 6.50. The first kappa shape index (κ1) is 19.4. The molecule has 4 rings (SSSR count). The van der Waals surface area contributed by atoms with Crippen LogP contribution in [0.4, 0.5) is 0 Å². The fraction of sp³-hybridized carbons (Fsp3) is 0.750. The Morgan fingerprint density at radius 3 is 2.64 bits per heavy atom. The van der Waals surface area contributed by atoms with Crippen LogP contribution in [0.25, 0.3) is 0 Å². The lowest BCUT2D eigenvalue weighted by Crippen LogP contribution is -2.69. The van der Waals surface area contributed by atoms with E-state index in [0.717, 1.165) is 18.5 Å². The second kappa shape index (κ2) is 7.15. The minimum atomic E-state index is -0.814. The molecule has 0 unspecified atom stereocenters. The Hall–Kier alpha value is -1.93. The Labute approximate surface area is 164 Å². The number of nitrogens with zero attached hydrogens (tertiary/aromatic N) is 2. The smallest absolute Gasteiger partial charge is 0.292 e. The van der Waals surface area contributed by atoms with Crippen LogP contribution in [0, 0.1) is 5.92 Å². The highest BCUT2D eigenvalue weighted by Crippen LogP contribution is 2.41. The van der Waals surface area contributed by atoms with Crippen molar-refractivity contribution in [1.29, 1.82) is 0 Å². The number of aryl methyl sites for hydroxylation is 1. The van der Waals surface area contributed by atoms with Crippen LogP contribution in [0.2, 0.25) is 0 Å². The molecule has 8 nitrogen and oxygen atoms in total. The van der Waals surface area contributed by atoms with E-state index in [-0.39, 0.29) is 23.5 Å². The van der Waals surface area contributed by atoms with Gasteiger partial charge in [-0.3, -0.25) is 9.59 Å². The van der Waals surface area contributed by atoms with E-state index in [1.165, 1.54) is 0 Å². The van der Waals surface area contributed by atoms with Gasteiger partial charge in [-0.2, -0.15) is 0 Å². The van der Waals surface area contributed by atoms with Gasteiger partial charge in [0.1, 0.15) is 6.10 Å². The number of aromatic nitrogens is 1. The van der Waals surface area contributed by atoms with Crippen molar-refractivity contribution < 1.29 is 24.0 Å². The number of carbonyl (C=O) groups is 2. The number of piperidine rings is 1. The number of hydrogen-bond acceptors (Lipinski definition) is 6. The van der Waals surface area contributed by atoms with Gasteiger partial charge < -0.3 is 24.6 Å². The Balaban J connectivity index is 1.42. The molecule has 3 heterocycles. The van der Waals surface area contributed by atoms with Crippen molar-refractivity contribution in [3.05, 3.63) is 17.5 Å². The van der Waals surface area contributed by atoms with Gasteiger partial charge in [0.2, 0.25) is 11.7 Å². The molecule has 2 aliphatic heterocycles. The first-order valence-corrected chi connectivity index (χ1v) is 10.3. The van der Waals surface area contributed by atoms with Crippen LogP contribution in [0.15, 0.2) is 10.6 Å². The highest BCUT2D eigenvalue weighted by Gasteiger charge is 2.54. The van der Waals surface area contributed by atoms with Gasteiger partial charge >= 0.3 is 0 Å². The summed E-state index contributed by atoms with van der Waals surface area (Å²) in [5.41, 5.74) is -0.688. The standard InChI is InChI=1S/C20H29N3O5/c1-3-14-12-15(28-22-14)17(25)23-9-6-20(7-10-23)18(26)19(2,8-11-27-20)21-16(24)13-4-5-13/h12-13,18,26H,3-11H2,1-2H3,(H,21,24)/t18-,19+/m1/s1. The normalized spacial score (nSPS) is 29.7. The van der Waals surface area contributed by atoms with E-state index in [9.17, 15) is 14.7 Å². The summed E-state index contributed by atoms with van der Waals surface area (Å²) in [5, 5.41) is 18.1. The van der Waals surface area contributed by atoms with Crippen LogP contribution in [-0.4, -0.2) is 63.9 Å². The number of likely N-dealkylation sites (tertiary alicyclic amines) is 1. The Bertz CT molecular complexity index is 751. The zero-order chi connectivity index (χ0) is 19.9. The number of hydrogen-bond donors (Lipinski definition) is 2. The minimum absolute atomic E-state index is 0.0308. The molecule has 1 saturated carbocycles. The van der Waals surface area contributed by atoms with Gasteiger partial charge in [-0.25, -0.2) is 0 Å². The molecular formula is C20H29N3O5. The van der Waals surface area contributed by atoms with Crippen molar-refractivity contribution in [2.75, 3.05) is 19.7 Å². The second-order valence-electron chi connectivity index (χ2n) is 8.58. The Morgan fingerprint density at radius 1 is 1.32 bits per heavy atom. The van der Waals surface area contributed by atoms with Crippen molar-refractivity contribution in [3.63, 3.8) is 0 Å². The third kappa shape index (κ3) is 3.43. The summed E-state index contributed by atoms with van der Waals surface area (Å²) >= 11 is 0. The molecule has 28 heavy (non-hydrogen) atoms. The van der Waals surface area contributed by atoms with Crippen LogP contribution in [0.1, 0.15) is 62.2 Å². The molecule has 1 aromatic heterocycles. The summed E-state index contributed by atoms with van der Waals surface area (Å²) < 4.78 is 11.2. The number of aliphatic hydroxyl groups excluding tert-OH is 1. The Kier molecular flexibility index (Phi) is 4.95. The monoisotopic (exact) mass is 391 g/mol. The average Bonchev–Trinajstić information content (AvgIpc) is 3.44. The lowest BCUT2D eigenvalue weighted by atomic mass is 9.73. The number of rotatable bonds is 4. The van der Waals surface area contributed by atoms with Gasteiger partial charge in [0.15, 0.2) is 0 Å². The maximum atomic E-state index is 12.7. The van der Waals surface area contributed by atoms with Crippen molar-refractivity contribution in [1.82, 2.24) is 15.4 Å². The molecule has 1 aliphatic carbocycles. The van der Waals surface area contributed by atoms with Crippen LogP contribution in [0.5, 0.6) is 0 Å². The molecule has 3 aliphatic rings. The maximum absolute atomic E-state index is 12.7. The first-order chi connectivity index (χ1) is 13.4. The third-order valence-electron chi connectivity index (χ3n) is 6.50. The molecular weight excluding hydrogens is 362 g/mol. The fourth-order valence-corrected chi connectivity index (χ4v) is 4.36. The van der Waals surface area contributed by atoms with Crippen LogP contribution in [0.3, 0.4) is 0 Å². The predicted molar refractivity (Wildman–Crippen MR) is 99.6 cm³/mol. The van der Waals surface area contributed by atoms with Gasteiger partial charge in [-0.05, 0) is 45.4 Å². The maximum Gasteiger partial charge on any atom is 0.292 e. The van der Waals surface area contributed by atoms with Crippen LogP contribution in [-0.2, 0) is 16.0 Å². The van der Waals surface area contributed by atoms with Crippen LogP contribution >= 0.6 is 0 Å². The lowest BCUT2D eigenvalue weighted by molar-refractivity contribution is -0.205. The highest BCUT2D eigenvalue weighted by atomic mass is 16.5. The summed E-state index contributed by atoms with van der Waals surface area (Å²) in [5.74, 6) is 0.192. The molecule has 1 aromatic rings. The minimum Gasteiger partial charge on any atom is -0.388 e. The molecule has 3 fully saturated rings. The number of nitrogens with one attached hydrogen (secondary N) is 1. The van der Waals surface area contributed by atoms with Crippen molar-refractivity contribution >= 4 is 11.8 Å². The van der Waals surface area contributed by atoms with E-state index in [1.807, 2.05) is 13.8 Å². The van der Waals surface area contributed by atoms with Gasteiger partial charge in [-0.15, -0.1) is 0 Å². The second-order valence-corrected chi connectivity index (χ2v) is 8.58. The quantitative estimate of drug-likeness (QED) is 0.801. The molecule has 8 heteroatoms. The van der Waals surface area contributed by atoms with E-state index < -0.39 is 17.2 Å². The van der Waals surface area contributed by atoms with Gasteiger partial charge in [0, 0.05) is 31.7 Å². The van der Waals surface area contributed by atoms with Crippen molar-refractivity contribution in [2.45, 2.75) is 69.6 Å². The number of carbonyl (C=O) groups excluding carboxylic acids is 2. The molecule has 0 aromatic carbocycles. The zero-order valence-corrected chi connectivity index (χ0v) is 16.6. The number of ether oxygens (including phenoxy) is 1. The van der Waals surface area contributed by atoms with E-state index in [4.69, 9.17) is 9.26 Å². The van der Waals surface area contributed by atoms with Crippen LogP contribution < -0.4 is 5.32 Å². The number of amides is 2. The number of aliphatic hydroxyl groups is 1. The van der Waals surface area contributed by atoms with Gasteiger partial charge in [-0.1, -0.05) is 12.1 Å². The molecule has 0 bridgehead atoms. The lowest BCUT2D eigenvalue weighted by Gasteiger charge is -2.53. The SMILES string of the molecule is CCc1cc(C(=O)N2CCC3(CC2)OCC[C@](C)(NC(=O)C2CC2)[C@H]3O)on1. The molecule has 2 amide bonds. The molecule has 2 saturated heterocycles. The topological polar surface area (TPSA) is 105 Å². The van der Waals surface area contributed by atoms with E-state index >= 15 is 0 Å². The van der Waals surface area contributed by atoms with Crippen molar-refractivity contribution in [2.24, 2.45) is 5.92 Å². The van der Waals surface area contributed by atoms with Crippen molar-refractivity contribution in [3.8, 4) is 0 Å². The summed E-state index contributed by atoms with van der Waals surface area (Å²) in [6.45, 7) is 5.27. The Morgan fingerprint density at radius 2 is 2.04 bits per heavy atom. The molecule has 1 spiro atoms. The average molecular weight is 391 g/mol. The van der Waals surface area contributed by atoms with Gasteiger partial charge in [0.05, 0.1) is 16.8 Å². The fourth-order valence-electron chi connectivity index (χ4n) is 4.36. The summed E-state index contributed by atoms with van der Waals surface area (Å²) in [6, 6.07) is 1.68. The van der Waals surface area contributed by atoms with Gasteiger partial charge in [0.25, 0.3) is 5.91 Å². The van der Waals surface area contributed by atoms with E-state index in [2.05, 4.69) is 10.5 Å². The van der Waals surface area contributed by atoms with E-state index in [0.29, 0.717) is 45.4 Å². The molecule has 0 radical (unpaired) electrons. The highest BCUT2D eigenvalue weighted by molar-refractivity contribution is 5.91. The summed E-state index contributed by atoms with van der Waals surface area (Å²) in [7, 11) is 0. The molecule has 2 N–H and O–H groups in total.